The van der Waals surface area contributed by atoms with Crippen LogP contribution in [0, 0.1) is 0 Å². The number of nitrogens with one attached hydrogen (secondary N) is 1. The van der Waals surface area contributed by atoms with Gasteiger partial charge in [-0.25, -0.2) is 4.68 Å². The smallest absolute Gasteiger partial charge is 0.144 e. The Labute approximate surface area is 162 Å². The SMILES string of the molecule is COc1ccc(-c2nn(-c3cc(Cl)ccc3OC)c3c2CCN3)c(OC)c1. The Kier molecular flexibility index (Phi) is 4.58. The van der Waals surface area contributed by atoms with Gasteiger partial charge in [-0.3, -0.25) is 0 Å². The van der Waals surface area contributed by atoms with Gasteiger partial charge in [-0.15, -0.1) is 0 Å². The van der Waals surface area contributed by atoms with Crippen molar-refractivity contribution in [1.29, 1.82) is 0 Å². The molecule has 0 aliphatic carbocycles. The minimum absolute atomic E-state index is 0.622. The first-order valence-corrected chi connectivity index (χ1v) is 8.96. The van der Waals surface area contributed by atoms with Crippen molar-refractivity contribution in [3.8, 4) is 34.2 Å². The first kappa shape index (κ1) is 17.5. The molecule has 6 nitrogen and oxygen atoms in total. The molecule has 1 aromatic heterocycles. The molecule has 27 heavy (non-hydrogen) atoms. The summed E-state index contributed by atoms with van der Waals surface area (Å²) in [5.74, 6) is 3.10. The molecule has 0 radical (unpaired) electrons. The standard InChI is InChI=1S/C20H20ClN3O3/c1-25-13-5-6-14(18(11-13)27-3)19-15-8-9-22-20(15)24(23-19)16-10-12(21)4-7-17(16)26-2/h4-7,10-11,22H,8-9H2,1-3H3. The highest BCUT2D eigenvalue weighted by atomic mass is 35.5. The zero-order chi connectivity index (χ0) is 19.0. The van der Waals surface area contributed by atoms with E-state index in [-0.39, 0.29) is 0 Å². The first-order valence-electron chi connectivity index (χ1n) is 8.58. The number of aromatic nitrogens is 2. The van der Waals surface area contributed by atoms with Crippen LogP contribution in [-0.2, 0) is 6.42 Å². The molecule has 0 unspecified atom stereocenters. The van der Waals surface area contributed by atoms with E-state index in [2.05, 4.69) is 5.32 Å². The van der Waals surface area contributed by atoms with E-state index in [9.17, 15) is 0 Å². The van der Waals surface area contributed by atoms with Crippen molar-refractivity contribution in [3.05, 3.63) is 47.0 Å². The Morgan fingerprint density at radius 1 is 1.00 bits per heavy atom. The molecule has 2 aromatic carbocycles. The third kappa shape index (κ3) is 2.96. The van der Waals surface area contributed by atoms with E-state index >= 15 is 0 Å². The topological polar surface area (TPSA) is 57.5 Å². The number of fused-ring (bicyclic) bond motifs is 1. The van der Waals surface area contributed by atoms with Crippen molar-refractivity contribution in [2.75, 3.05) is 33.2 Å². The van der Waals surface area contributed by atoms with E-state index < -0.39 is 0 Å². The lowest BCUT2D eigenvalue weighted by Crippen LogP contribution is -2.06. The monoisotopic (exact) mass is 385 g/mol. The van der Waals surface area contributed by atoms with Gasteiger partial charge in [0, 0.05) is 28.8 Å². The first-order chi connectivity index (χ1) is 13.2. The van der Waals surface area contributed by atoms with E-state index in [1.807, 2.05) is 35.0 Å². The van der Waals surface area contributed by atoms with Crippen LogP contribution in [0.2, 0.25) is 5.02 Å². The molecule has 0 saturated carbocycles. The molecule has 2 heterocycles. The molecule has 0 atom stereocenters. The number of nitrogens with zero attached hydrogens (tertiary/aromatic N) is 2. The van der Waals surface area contributed by atoms with Gasteiger partial charge in [0.1, 0.15) is 34.4 Å². The van der Waals surface area contributed by atoms with Gasteiger partial charge < -0.3 is 19.5 Å². The van der Waals surface area contributed by atoms with E-state index in [0.29, 0.717) is 16.5 Å². The zero-order valence-corrected chi connectivity index (χ0v) is 16.1. The molecular weight excluding hydrogens is 366 g/mol. The summed E-state index contributed by atoms with van der Waals surface area (Å²) in [5.41, 5.74) is 3.71. The van der Waals surface area contributed by atoms with Gasteiger partial charge in [0.25, 0.3) is 0 Å². The Balaban J connectivity index is 1.92. The zero-order valence-electron chi connectivity index (χ0n) is 15.4. The normalized spacial score (nSPS) is 12.4. The van der Waals surface area contributed by atoms with Gasteiger partial charge in [0.05, 0.1) is 21.3 Å². The van der Waals surface area contributed by atoms with Crippen molar-refractivity contribution in [2.24, 2.45) is 0 Å². The molecule has 7 heteroatoms. The van der Waals surface area contributed by atoms with Crippen molar-refractivity contribution < 1.29 is 14.2 Å². The summed E-state index contributed by atoms with van der Waals surface area (Å²) in [6.07, 6.45) is 0.878. The second kappa shape index (κ2) is 7.04. The van der Waals surface area contributed by atoms with Crippen molar-refractivity contribution in [3.63, 3.8) is 0 Å². The van der Waals surface area contributed by atoms with Gasteiger partial charge in [-0.2, -0.15) is 5.10 Å². The number of ether oxygens (including phenoxy) is 3. The van der Waals surface area contributed by atoms with Crippen LogP contribution in [0.1, 0.15) is 5.56 Å². The number of rotatable bonds is 5. The van der Waals surface area contributed by atoms with Crippen molar-refractivity contribution in [2.45, 2.75) is 6.42 Å². The van der Waals surface area contributed by atoms with Crippen LogP contribution in [-0.4, -0.2) is 37.7 Å². The molecule has 0 bridgehead atoms. The highest BCUT2D eigenvalue weighted by molar-refractivity contribution is 6.30. The maximum Gasteiger partial charge on any atom is 0.144 e. The van der Waals surface area contributed by atoms with E-state index in [0.717, 1.165) is 47.0 Å². The molecule has 0 fully saturated rings. The van der Waals surface area contributed by atoms with Crippen LogP contribution in [0.4, 0.5) is 5.82 Å². The summed E-state index contributed by atoms with van der Waals surface area (Å²) in [6.45, 7) is 0.849. The quantitative estimate of drug-likeness (QED) is 0.713. The Hall–Kier alpha value is -2.86. The van der Waals surface area contributed by atoms with Crippen LogP contribution in [0.25, 0.3) is 16.9 Å². The molecule has 1 aliphatic heterocycles. The number of halogens is 1. The lowest BCUT2D eigenvalue weighted by atomic mass is 10.1. The number of methoxy groups -OCH3 is 3. The number of hydrogen-bond donors (Lipinski definition) is 1. The number of anilines is 1. The lowest BCUT2D eigenvalue weighted by Gasteiger charge is -2.12. The lowest BCUT2D eigenvalue weighted by molar-refractivity contribution is 0.395. The fourth-order valence-electron chi connectivity index (χ4n) is 3.39. The number of hydrogen-bond acceptors (Lipinski definition) is 5. The molecular formula is C20H20ClN3O3. The second-order valence-corrected chi connectivity index (χ2v) is 6.58. The predicted octanol–water partition coefficient (Wildman–Crippen LogP) is 4.19. The fourth-order valence-corrected chi connectivity index (χ4v) is 3.55. The average molecular weight is 386 g/mol. The Morgan fingerprint density at radius 2 is 1.81 bits per heavy atom. The highest BCUT2D eigenvalue weighted by Gasteiger charge is 2.27. The largest absolute Gasteiger partial charge is 0.497 e. The van der Waals surface area contributed by atoms with Crippen LogP contribution < -0.4 is 19.5 Å². The summed E-state index contributed by atoms with van der Waals surface area (Å²) < 4.78 is 18.3. The number of benzene rings is 2. The van der Waals surface area contributed by atoms with E-state index in [1.54, 1.807) is 27.4 Å². The van der Waals surface area contributed by atoms with Crippen LogP contribution >= 0.6 is 11.6 Å². The van der Waals surface area contributed by atoms with Crippen molar-refractivity contribution >= 4 is 17.4 Å². The van der Waals surface area contributed by atoms with Gasteiger partial charge in [-0.1, -0.05) is 11.6 Å². The molecule has 4 rings (SSSR count). The fraction of sp³-hybridized carbons (Fsp3) is 0.250. The van der Waals surface area contributed by atoms with E-state index in [4.69, 9.17) is 30.9 Å². The molecule has 0 spiro atoms. The third-order valence-corrected chi connectivity index (χ3v) is 4.92. The van der Waals surface area contributed by atoms with Crippen LogP contribution in [0.3, 0.4) is 0 Å². The van der Waals surface area contributed by atoms with Gasteiger partial charge >= 0.3 is 0 Å². The maximum absolute atomic E-state index is 6.23. The summed E-state index contributed by atoms with van der Waals surface area (Å²) in [6, 6.07) is 11.2. The molecule has 140 valence electrons. The molecule has 1 N–H and O–H groups in total. The summed E-state index contributed by atoms with van der Waals surface area (Å²) in [7, 11) is 4.92. The highest BCUT2D eigenvalue weighted by Crippen LogP contribution is 2.41. The van der Waals surface area contributed by atoms with Gasteiger partial charge in [0.15, 0.2) is 0 Å². The molecule has 0 amide bonds. The second-order valence-electron chi connectivity index (χ2n) is 6.15. The minimum Gasteiger partial charge on any atom is -0.497 e. The van der Waals surface area contributed by atoms with Crippen LogP contribution in [0.15, 0.2) is 36.4 Å². The summed E-state index contributed by atoms with van der Waals surface area (Å²) >= 11 is 6.23. The summed E-state index contributed by atoms with van der Waals surface area (Å²) in [4.78, 5) is 0. The average Bonchev–Trinajstić information content (AvgIpc) is 3.30. The molecule has 3 aromatic rings. The van der Waals surface area contributed by atoms with Crippen LogP contribution in [0.5, 0.6) is 17.2 Å². The predicted molar refractivity (Wildman–Crippen MR) is 106 cm³/mol. The minimum atomic E-state index is 0.622. The molecule has 0 saturated heterocycles. The van der Waals surface area contributed by atoms with E-state index in [1.165, 1.54) is 0 Å². The Bertz CT molecular complexity index is 1000. The van der Waals surface area contributed by atoms with Crippen molar-refractivity contribution in [1.82, 2.24) is 9.78 Å². The summed E-state index contributed by atoms with van der Waals surface area (Å²) in [5, 5.41) is 8.93. The molecule has 1 aliphatic rings. The van der Waals surface area contributed by atoms with Gasteiger partial charge in [-0.05, 0) is 36.8 Å². The van der Waals surface area contributed by atoms with Gasteiger partial charge in [0.2, 0.25) is 0 Å². The maximum atomic E-state index is 6.23. The Morgan fingerprint density at radius 3 is 2.56 bits per heavy atom. The third-order valence-electron chi connectivity index (χ3n) is 4.68.